The first kappa shape index (κ1) is 19.8. The summed E-state index contributed by atoms with van der Waals surface area (Å²) >= 11 is 0. The van der Waals surface area contributed by atoms with Crippen LogP contribution < -0.4 is 5.32 Å². The minimum atomic E-state index is -0.451. The summed E-state index contributed by atoms with van der Waals surface area (Å²) in [6.45, 7) is 1.53. The van der Waals surface area contributed by atoms with Crippen LogP contribution in [0.4, 0.5) is 0 Å². The molecular formula is C18H25N3O5. The third kappa shape index (κ3) is 5.01. The highest BCUT2D eigenvalue weighted by Gasteiger charge is 2.35. The van der Waals surface area contributed by atoms with Gasteiger partial charge in [-0.05, 0) is 44.4 Å². The Labute approximate surface area is 152 Å². The van der Waals surface area contributed by atoms with Gasteiger partial charge in [0.2, 0.25) is 0 Å². The molecule has 0 aliphatic carbocycles. The minimum absolute atomic E-state index is 0.0324. The van der Waals surface area contributed by atoms with Gasteiger partial charge >= 0.3 is 11.9 Å². The fraction of sp³-hybridized carbons (Fsp3) is 0.556. The Kier molecular flexibility index (Phi) is 7.53. The first-order valence-electron chi connectivity index (χ1n) is 8.68. The molecule has 1 aromatic heterocycles. The maximum Gasteiger partial charge on any atom is 0.328 e. The zero-order valence-corrected chi connectivity index (χ0v) is 15.1. The normalized spacial score (nSPS) is 21.5. The second kappa shape index (κ2) is 9.86. The third-order valence-corrected chi connectivity index (χ3v) is 4.44. The van der Waals surface area contributed by atoms with E-state index >= 15 is 0 Å². The van der Waals surface area contributed by atoms with Crippen molar-refractivity contribution in [1.29, 1.82) is 0 Å². The van der Waals surface area contributed by atoms with Crippen LogP contribution in [0, 0.1) is 0 Å². The predicted octanol–water partition coefficient (Wildman–Crippen LogP) is 0.771. The monoisotopic (exact) mass is 363 g/mol. The van der Waals surface area contributed by atoms with Gasteiger partial charge in [-0.25, -0.2) is 4.79 Å². The molecule has 2 aliphatic rings. The van der Waals surface area contributed by atoms with E-state index in [4.69, 9.17) is 4.74 Å². The molecule has 1 amide bonds. The van der Waals surface area contributed by atoms with Crippen molar-refractivity contribution < 1.29 is 23.9 Å². The Bertz CT molecular complexity index is 617. The van der Waals surface area contributed by atoms with Gasteiger partial charge in [0.25, 0.3) is 5.91 Å². The molecule has 8 nitrogen and oxygen atoms in total. The number of hydrogen-bond acceptors (Lipinski definition) is 7. The molecule has 2 saturated heterocycles. The van der Waals surface area contributed by atoms with Gasteiger partial charge in [-0.15, -0.1) is 0 Å². The Morgan fingerprint density at radius 1 is 1.15 bits per heavy atom. The van der Waals surface area contributed by atoms with E-state index in [-0.39, 0.29) is 23.9 Å². The standard InChI is InChI=1S/C12H14N2O3.C6H11NO2/c1-17-12(16)10-5-3-7-14(10)11(15)9-4-2-6-13-8-9;1-9-6(8)5-3-2-4-7-5/h2,4,6,8,10H,3,5,7H2,1H3;5,7H,2-4H2,1H3. The van der Waals surface area contributed by atoms with Crippen molar-refractivity contribution in [3.63, 3.8) is 0 Å². The quantitative estimate of drug-likeness (QED) is 0.792. The van der Waals surface area contributed by atoms with Crippen LogP contribution in [0.3, 0.4) is 0 Å². The van der Waals surface area contributed by atoms with Crippen LogP contribution >= 0.6 is 0 Å². The van der Waals surface area contributed by atoms with Crippen LogP contribution in [0.25, 0.3) is 0 Å². The summed E-state index contributed by atoms with van der Waals surface area (Å²) in [6.07, 6.45) is 6.62. The molecule has 1 aromatic rings. The number of amides is 1. The van der Waals surface area contributed by atoms with Crippen molar-refractivity contribution in [1.82, 2.24) is 15.2 Å². The number of carbonyl (C=O) groups is 3. The molecule has 26 heavy (non-hydrogen) atoms. The zero-order valence-electron chi connectivity index (χ0n) is 15.1. The Morgan fingerprint density at radius 2 is 1.92 bits per heavy atom. The summed E-state index contributed by atoms with van der Waals surface area (Å²) in [5.41, 5.74) is 0.503. The minimum Gasteiger partial charge on any atom is -0.468 e. The molecule has 142 valence electrons. The number of carbonyl (C=O) groups excluding carboxylic acids is 3. The SMILES string of the molecule is COC(=O)C1CCCN1.COC(=O)C1CCCN1C(=O)c1cccnc1. The van der Waals surface area contributed by atoms with Gasteiger partial charge < -0.3 is 19.7 Å². The first-order chi connectivity index (χ1) is 12.6. The van der Waals surface area contributed by atoms with Crippen molar-refractivity contribution >= 4 is 17.8 Å². The van der Waals surface area contributed by atoms with E-state index in [0.29, 0.717) is 18.5 Å². The van der Waals surface area contributed by atoms with Crippen molar-refractivity contribution in [2.75, 3.05) is 27.3 Å². The van der Waals surface area contributed by atoms with E-state index in [1.54, 1.807) is 23.2 Å². The number of ether oxygens (including phenoxy) is 2. The molecule has 3 rings (SSSR count). The number of nitrogens with zero attached hydrogens (tertiary/aromatic N) is 2. The molecule has 2 fully saturated rings. The Hall–Kier alpha value is -2.48. The van der Waals surface area contributed by atoms with Crippen LogP contribution in [0.5, 0.6) is 0 Å². The van der Waals surface area contributed by atoms with Crippen molar-refractivity contribution in [3.05, 3.63) is 30.1 Å². The van der Waals surface area contributed by atoms with Crippen molar-refractivity contribution in [2.45, 2.75) is 37.8 Å². The Morgan fingerprint density at radius 3 is 2.50 bits per heavy atom. The lowest BCUT2D eigenvalue weighted by molar-refractivity contribution is -0.145. The van der Waals surface area contributed by atoms with Crippen LogP contribution in [0.15, 0.2) is 24.5 Å². The second-order valence-corrected chi connectivity index (χ2v) is 6.09. The molecule has 0 aromatic carbocycles. The average Bonchev–Trinajstić information content (AvgIpc) is 3.39. The van der Waals surface area contributed by atoms with E-state index < -0.39 is 6.04 Å². The maximum atomic E-state index is 12.2. The number of pyridine rings is 1. The van der Waals surface area contributed by atoms with Crippen LogP contribution in [0.1, 0.15) is 36.0 Å². The molecule has 3 heterocycles. The molecule has 8 heteroatoms. The molecule has 1 N–H and O–H groups in total. The van der Waals surface area contributed by atoms with Gasteiger partial charge in [0.15, 0.2) is 0 Å². The number of rotatable bonds is 3. The van der Waals surface area contributed by atoms with Gasteiger partial charge in [0, 0.05) is 18.9 Å². The van der Waals surface area contributed by atoms with E-state index in [0.717, 1.165) is 25.8 Å². The summed E-state index contributed by atoms with van der Waals surface area (Å²) < 4.78 is 9.23. The maximum absolute atomic E-state index is 12.2. The molecule has 2 aliphatic heterocycles. The predicted molar refractivity (Wildman–Crippen MR) is 93.4 cm³/mol. The number of aromatic nitrogens is 1. The smallest absolute Gasteiger partial charge is 0.328 e. The van der Waals surface area contributed by atoms with Gasteiger partial charge in [0.05, 0.1) is 19.8 Å². The summed E-state index contributed by atoms with van der Waals surface area (Å²) in [7, 11) is 2.76. The lowest BCUT2D eigenvalue weighted by Crippen LogP contribution is -2.41. The largest absolute Gasteiger partial charge is 0.468 e. The number of esters is 2. The molecule has 0 radical (unpaired) electrons. The van der Waals surface area contributed by atoms with Gasteiger partial charge in [-0.1, -0.05) is 0 Å². The Balaban J connectivity index is 0.000000228. The summed E-state index contributed by atoms with van der Waals surface area (Å²) in [6, 6.07) is 2.92. The molecule has 2 unspecified atom stereocenters. The van der Waals surface area contributed by atoms with E-state index in [1.807, 2.05) is 0 Å². The van der Waals surface area contributed by atoms with Crippen LogP contribution in [-0.4, -0.2) is 67.1 Å². The lowest BCUT2D eigenvalue weighted by Gasteiger charge is -2.22. The average molecular weight is 363 g/mol. The topological polar surface area (TPSA) is 97.8 Å². The fourth-order valence-electron chi connectivity index (χ4n) is 3.07. The number of likely N-dealkylation sites (tertiary alicyclic amines) is 1. The number of nitrogens with one attached hydrogen (secondary N) is 1. The lowest BCUT2D eigenvalue weighted by atomic mass is 10.2. The van der Waals surface area contributed by atoms with Crippen LogP contribution in [-0.2, 0) is 19.1 Å². The first-order valence-corrected chi connectivity index (χ1v) is 8.68. The van der Waals surface area contributed by atoms with Gasteiger partial charge in [-0.2, -0.15) is 0 Å². The summed E-state index contributed by atoms with van der Waals surface area (Å²) in [5, 5.41) is 3.03. The van der Waals surface area contributed by atoms with E-state index in [9.17, 15) is 14.4 Å². The molecule has 2 atom stereocenters. The van der Waals surface area contributed by atoms with Crippen molar-refractivity contribution in [3.8, 4) is 0 Å². The van der Waals surface area contributed by atoms with E-state index in [1.165, 1.54) is 20.4 Å². The zero-order chi connectivity index (χ0) is 18.9. The summed E-state index contributed by atoms with van der Waals surface area (Å²) in [4.78, 5) is 39.9. The van der Waals surface area contributed by atoms with E-state index in [2.05, 4.69) is 15.0 Å². The molecular weight excluding hydrogens is 338 g/mol. The number of hydrogen-bond donors (Lipinski definition) is 1. The number of methoxy groups -OCH3 is 2. The summed E-state index contributed by atoms with van der Waals surface area (Å²) in [5.74, 6) is -0.641. The van der Waals surface area contributed by atoms with Gasteiger partial charge in [0.1, 0.15) is 12.1 Å². The highest BCUT2D eigenvalue weighted by Crippen LogP contribution is 2.20. The molecule has 0 saturated carbocycles. The highest BCUT2D eigenvalue weighted by molar-refractivity contribution is 5.96. The van der Waals surface area contributed by atoms with Crippen LogP contribution in [0.2, 0.25) is 0 Å². The molecule has 0 spiro atoms. The fourth-order valence-corrected chi connectivity index (χ4v) is 3.07. The van der Waals surface area contributed by atoms with Gasteiger partial charge in [-0.3, -0.25) is 14.6 Å². The molecule has 0 bridgehead atoms. The second-order valence-electron chi connectivity index (χ2n) is 6.09. The van der Waals surface area contributed by atoms with Crippen molar-refractivity contribution in [2.24, 2.45) is 0 Å². The highest BCUT2D eigenvalue weighted by atomic mass is 16.5. The third-order valence-electron chi connectivity index (χ3n) is 4.44.